The summed E-state index contributed by atoms with van der Waals surface area (Å²) in [5, 5.41) is 21.9. The van der Waals surface area contributed by atoms with Gasteiger partial charge in [0.2, 0.25) is 5.91 Å². The minimum atomic E-state index is -0.0187. The van der Waals surface area contributed by atoms with Crippen molar-refractivity contribution in [3.8, 4) is 28.4 Å². The van der Waals surface area contributed by atoms with E-state index in [1.807, 2.05) is 23.2 Å². The van der Waals surface area contributed by atoms with E-state index >= 15 is 0 Å². The van der Waals surface area contributed by atoms with Gasteiger partial charge in [0.05, 0.1) is 23.4 Å². The summed E-state index contributed by atoms with van der Waals surface area (Å²) in [7, 11) is 0. The van der Waals surface area contributed by atoms with Crippen LogP contribution in [0, 0.1) is 0 Å². The number of aryl methyl sites for hydroxylation is 1. The number of aromatic nitrogens is 4. The van der Waals surface area contributed by atoms with E-state index in [0.29, 0.717) is 6.54 Å². The summed E-state index contributed by atoms with van der Waals surface area (Å²) >= 11 is 0. The Kier molecular flexibility index (Phi) is 5.81. The Morgan fingerprint density at radius 2 is 2.14 bits per heavy atom. The molecule has 0 radical (unpaired) electrons. The van der Waals surface area contributed by atoms with E-state index in [1.165, 1.54) is 5.57 Å². The summed E-state index contributed by atoms with van der Waals surface area (Å²) < 4.78 is 0. The molecular weight excluding hydrogens is 452 g/mol. The molecule has 0 unspecified atom stereocenters. The molecule has 4 N–H and O–H groups in total. The van der Waals surface area contributed by atoms with Crippen LogP contribution in [0.4, 0.5) is 0 Å². The number of H-pyrrole nitrogens is 2. The van der Waals surface area contributed by atoms with E-state index in [1.54, 1.807) is 6.07 Å². The summed E-state index contributed by atoms with van der Waals surface area (Å²) in [5.41, 5.74) is 7.15. The Morgan fingerprint density at radius 1 is 1.22 bits per heavy atom. The average molecular weight is 483 g/mol. The molecule has 6 rings (SSSR count). The molecule has 1 fully saturated rings. The highest BCUT2D eigenvalue weighted by molar-refractivity contribution is 5.94. The summed E-state index contributed by atoms with van der Waals surface area (Å²) in [6.07, 6.45) is 7.63. The van der Waals surface area contributed by atoms with Gasteiger partial charge in [0.15, 0.2) is 5.82 Å². The lowest BCUT2D eigenvalue weighted by Gasteiger charge is -2.28. The quantitative estimate of drug-likeness (QED) is 0.340. The van der Waals surface area contributed by atoms with Crippen molar-refractivity contribution in [2.24, 2.45) is 0 Å². The van der Waals surface area contributed by atoms with Crippen molar-refractivity contribution in [1.82, 2.24) is 30.4 Å². The lowest BCUT2D eigenvalue weighted by Crippen LogP contribution is -2.45. The number of phenolic OH excluding ortho intramolecular Hbond substituents is 1. The summed E-state index contributed by atoms with van der Waals surface area (Å²) in [6.45, 7) is 4.37. The van der Waals surface area contributed by atoms with Crippen molar-refractivity contribution >= 4 is 22.4 Å². The number of aromatic amines is 2. The number of carbonyl (C=O) groups is 1. The smallest absolute Gasteiger partial charge is 0.239 e. The number of amides is 1. The van der Waals surface area contributed by atoms with Crippen molar-refractivity contribution in [3.63, 3.8) is 0 Å². The topological polar surface area (TPSA) is 110 Å². The standard InChI is InChI=1S/C28H30N6O2/c1-2-17-14-20(35)6-8-21(17)19-5-7-22-24(15-19)32-33-26(22)27-30-16-25(31-27)18-9-12-34(13-10-18)28(36)23-4-3-11-29-23/h5-9,14-16,23,29,35H,2-4,10-13H2,1H3,(H,30,31)(H,32,33)/t23-/m0/s1. The molecule has 1 saturated heterocycles. The third kappa shape index (κ3) is 4.07. The van der Waals surface area contributed by atoms with Gasteiger partial charge in [-0.25, -0.2) is 4.98 Å². The molecule has 8 heteroatoms. The first-order valence-electron chi connectivity index (χ1n) is 12.7. The van der Waals surface area contributed by atoms with Gasteiger partial charge in [-0.2, -0.15) is 5.10 Å². The van der Waals surface area contributed by atoms with Gasteiger partial charge in [-0.1, -0.05) is 25.1 Å². The largest absolute Gasteiger partial charge is 0.508 e. The first-order valence-corrected chi connectivity index (χ1v) is 12.7. The number of hydrogen-bond donors (Lipinski definition) is 4. The number of aromatic hydroxyl groups is 1. The van der Waals surface area contributed by atoms with Crippen molar-refractivity contribution in [2.75, 3.05) is 19.6 Å². The van der Waals surface area contributed by atoms with Crippen LogP contribution in [-0.4, -0.2) is 61.8 Å². The highest BCUT2D eigenvalue weighted by Crippen LogP contribution is 2.33. The average Bonchev–Trinajstić information content (AvgIpc) is 3.69. The van der Waals surface area contributed by atoms with Crippen LogP contribution in [0.15, 0.2) is 48.7 Å². The predicted molar refractivity (Wildman–Crippen MR) is 140 cm³/mol. The van der Waals surface area contributed by atoms with E-state index in [0.717, 1.165) is 83.6 Å². The second-order valence-electron chi connectivity index (χ2n) is 9.59. The first-order chi connectivity index (χ1) is 17.6. The molecule has 4 heterocycles. The Morgan fingerprint density at radius 3 is 2.92 bits per heavy atom. The normalized spacial score (nSPS) is 18.1. The maximum Gasteiger partial charge on any atom is 0.239 e. The molecule has 1 atom stereocenters. The zero-order valence-electron chi connectivity index (χ0n) is 20.3. The number of rotatable bonds is 5. The summed E-state index contributed by atoms with van der Waals surface area (Å²) in [4.78, 5) is 22.7. The fourth-order valence-electron chi connectivity index (χ4n) is 5.36. The maximum absolute atomic E-state index is 12.7. The molecule has 2 aliphatic rings. The van der Waals surface area contributed by atoms with Crippen LogP contribution in [0.5, 0.6) is 5.75 Å². The molecular formula is C28H30N6O2. The molecule has 1 amide bonds. The number of fused-ring (bicyclic) bond motifs is 1. The van der Waals surface area contributed by atoms with Crippen LogP contribution < -0.4 is 5.32 Å². The maximum atomic E-state index is 12.7. The number of nitrogens with zero attached hydrogens (tertiary/aromatic N) is 3. The molecule has 184 valence electrons. The van der Waals surface area contributed by atoms with Gasteiger partial charge >= 0.3 is 0 Å². The second kappa shape index (κ2) is 9.28. The van der Waals surface area contributed by atoms with Gasteiger partial charge in [-0.3, -0.25) is 9.89 Å². The monoisotopic (exact) mass is 482 g/mol. The molecule has 0 bridgehead atoms. The minimum absolute atomic E-state index is 0.0187. The SMILES string of the molecule is CCc1cc(O)ccc1-c1ccc2c(-c3ncc(C4=CCN(C(=O)[C@@H]5CCCN5)CC4)[nH]3)n[nH]c2c1. The Labute approximate surface area is 209 Å². The highest BCUT2D eigenvalue weighted by Gasteiger charge is 2.28. The van der Waals surface area contributed by atoms with E-state index in [-0.39, 0.29) is 17.7 Å². The van der Waals surface area contributed by atoms with Crippen LogP contribution in [-0.2, 0) is 11.2 Å². The second-order valence-corrected chi connectivity index (χ2v) is 9.59. The minimum Gasteiger partial charge on any atom is -0.508 e. The molecule has 2 aromatic heterocycles. The third-order valence-corrected chi connectivity index (χ3v) is 7.37. The van der Waals surface area contributed by atoms with Gasteiger partial charge in [0.1, 0.15) is 11.4 Å². The van der Waals surface area contributed by atoms with Crippen LogP contribution in [0.25, 0.3) is 39.1 Å². The molecule has 0 spiro atoms. The Balaban J connectivity index is 1.22. The molecule has 0 saturated carbocycles. The molecule has 2 aromatic carbocycles. The van der Waals surface area contributed by atoms with Gasteiger partial charge in [-0.15, -0.1) is 0 Å². The number of hydrogen-bond acceptors (Lipinski definition) is 5. The summed E-state index contributed by atoms with van der Waals surface area (Å²) in [6, 6.07) is 11.7. The van der Waals surface area contributed by atoms with Crippen molar-refractivity contribution < 1.29 is 9.90 Å². The van der Waals surface area contributed by atoms with E-state index in [4.69, 9.17) is 0 Å². The van der Waals surface area contributed by atoms with E-state index in [9.17, 15) is 9.90 Å². The zero-order chi connectivity index (χ0) is 24.6. The molecule has 2 aliphatic heterocycles. The van der Waals surface area contributed by atoms with E-state index < -0.39 is 0 Å². The predicted octanol–water partition coefficient (Wildman–Crippen LogP) is 4.26. The van der Waals surface area contributed by atoms with Crippen LogP contribution in [0.1, 0.15) is 37.4 Å². The van der Waals surface area contributed by atoms with Gasteiger partial charge < -0.3 is 20.3 Å². The van der Waals surface area contributed by atoms with Crippen molar-refractivity contribution in [1.29, 1.82) is 0 Å². The lowest BCUT2D eigenvalue weighted by molar-refractivity contribution is -0.132. The Bertz CT molecular complexity index is 1460. The molecule has 4 aromatic rings. The van der Waals surface area contributed by atoms with Crippen LogP contribution in [0.2, 0.25) is 0 Å². The first kappa shape index (κ1) is 22.5. The Hall–Kier alpha value is -3.91. The van der Waals surface area contributed by atoms with Crippen molar-refractivity contribution in [2.45, 2.75) is 38.6 Å². The van der Waals surface area contributed by atoms with Gasteiger partial charge in [0.25, 0.3) is 0 Å². The number of imidazole rings is 1. The van der Waals surface area contributed by atoms with Crippen molar-refractivity contribution in [3.05, 3.63) is 59.9 Å². The number of phenols is 1. The summed E-state index contributed by atoms with van der Waals surface area (Å²) in [5.74, 6) is 1.22. The van der Waals surface area contributed by atoms with Crippen LogP contribution in [0.3, 0.4) is 0 Å². The van der Waals surface area contributed by atoms with Gasteiger partial charge in [-0.05, 0) is 78.8 Å². The zero-order valence-corrected chi connectivity index (χ0v) is 20.3. The fraction of sp³-hybridized carbons (Fsp3) is 0.321. The molecule has 36 heavy (non-hydrogen) atoms. The number of carbonyl (C=O) groups excluding carboxylic acids is 1. The fourth-order valence-corrected chi connectivity index (χ4v) is 5.36. The molecule has 0 aliphatic carbocycles. The lowest BCUT2D eigenvalue weighted by atomic mass is 9.97. The highest BCUT2D eigenvalue weighted by atomic mass is 16.3. The van der Waals surface area contributed by atoms with Crippen LogP contribution >= 0.6 is 0 Å². The van der Waals surface area contributed by atoms with E-state index in [2.05, 4.69) is 56.7 Å². The number of nitrogens with one attached hydrogen (secondary N) is 3. The van der Waals surface area contributed by atoms with Gasteiger partial charge in [0, 0.05) is 18.5 Å². The third-order valence-electron chi connectivity index (χ3n) is 7.37. The number of benzene rings is 2. The molecule has 8 nitrogen and oxygen atoms in total.